The van der Waals surface area contributed by atoms with Gasteiger partial charge in [0.2, 0.25) is 0 Å². The lowest BCUT2D eigenvalue weighted by Gasteiger charge is -2.61. The van der Waals surface area contributed by atoms with E-state index in [1.165, 1.54) is 75.6 Å². The molecule has 3 aliphatic carbocycles. The van der Waals surface area contributed by atoms with Crippen molar-refractivity contribution < 1.29 is 0 Å². The van der Waals surface area contributed by atoms with Crippen LogP contribution in [-0.2, 0) is 0 Å². The normalized spacial score (nSPS) is 30.2. The Morgan fingerprint density at radius 2 is 0.865 bits per heavy atom. The first-order valence-corrected chi connectivity index (χ1v) is 22.9. The highest BCUT2D eigenvalue weighted by Gasteiger charge is 2.54. The number of anilines is 2. The Balaban J connectivity index is 0.996. The van der Waals surface area contributed by atoms with E-state index in [0.717, 1.165) is 40.3 Å². The fraction of sp³-hybridized carbons (Fsp3) is 0.409. The molecular formula is C44H42N2O2S4. The van der Waals surface area contributed by atoms with E-state index >= 15 is 0 Å². The molecule has 0 bridgehead atoms. The van der Waals surface area contributed by atoms with Gasteiger partial charge in [-0.3, -0.25) is 9.59 Å². The highest BCUT2D eigenvalue weighted by molar-refractivity contribution is 8.01. The van der Waals surface area contributed by atoms with Crippen molar-refractivity contribution in [1.82, 2.24) is 0 Å². The Kier molecular flexibility index (Phi) is 7.96. The highest BCUT2D eigenvalue weighted by atomic mass is 32.2. The van der Waals surface area contributed by atoms with Gasteiger partial charge in [-0.25, -0.2) is 0 Å². The average molecular weight is 759 g/mol. The van der Waals surface area contributed by atoms with Crippen molar-refractivity contribution in [2.75, 3.05) is 9.80 Å². The molecule has 2 aromatic heterocycles. The van der Waals surface area contributed by atoms with Gasteiger partial charge in [0.1, 0.15) is 0 Å². The topological polar surface area (TPSA) is 40.6 Å². The maximum absolute atomic E-state index is 13.6. The summed E-state index contributed by atoms with van der Waals surface area (Å²) in [5, 5.41) is 5.81. The summed E-state index contributed by atoms with van der Waals surface area (Å²) in [6.45, 7) is 0. The van der Waals surface area contributed by atoms with Crippen LogP contribution in [0.1, 0.15) is 64.2 Å². The lowest BCUT2D eigenvalue weighted by molar-refractivity contribution is 0.287. The number of hydrogen-bond donors (Lipinski definition) is 0. The van der Waals surface area contributed by atoms with Crippen molar-refractivity contribution >= 4 is 97.9 Å². The summed E-state index contributed by atoms with van der Waals surface area (Å²) in [6, 6.07) is 31.9. The predicted molar refractivity (Wildman–Crippen MR) is 228 cm³/mol. The van der Waals surface area contributed by atoms with Crippen LogP contribution in [0, 0.1) is 0 Å². The van der Waals surface area contributed by atoms with E-state index in [0.29, 0.717) is 45.2 Å². The van der Waals surface area contributed by atoms with E-state index in [9.17, 15) is 9.59 Å². The summed E-state index contributed by atoms with van der Waals surface area (Å²) < 4.78 is 4.39. The van der Waals surface area contributed by atoms with Gasteiger partial charge in [0, 0.05) is 96.9 Å². The Morgan fingerprint density at radius 3 is 1.35 bits per heavy atom. The molecule has 3 saturated carbocycles. The summed E-state index contributed by atoms with van der Waals surface area (Å²) in [7, 11) is 0. The maximum Gasteiger partial charge on any atom is 0.195 e. The minimum atomic E-state index is 0.161. The van der Waals surface area contributed by atoms with Gasteiger partial charge < -0.3 is 9.80 Å². The minimum Gasteiger partial charge on any atom is -0.363 e. The van der Waals surface area contributed by atoms with Crippen LogP contribution >= 0.6 is 46.2 Å². The van der Waals surface area contributed by atoms with E-state index < -0.39 is 0 Å². The fourth-order valence-electron chi connectivity index (χ4n) is 10.7. The molecule has 4 nitrogen and oxygen atoms in total. The van der Waals surface area contributed by atoms with Crippen molar-refractivity contribution in [3.63, 3.8) is 0 Å². The molecule has 0 spiro atoms. The first-order chi connectivity index (χ1) is 25.6. The third-order valence-electron chi connectivity index (χ3n) is 13.0. The second-order valence-corrected chi connectivity index (χ2v) is 20.9. The van der Waals surface area contributed by atoms with Gasteiger partial charge in [0.15, 0.2) is 10.9 Å². The summed E-state index contributed by atoms with van der Waals surface area (Å²) >= 11 is 8.20. The van der Waals surface area contributed by atoms with Crippen LogP contribution in [0.4, 0.5) is 11.4 Å². The van der Waals surface area contributed by atoms with Crippen LogP contribution in [0.25, 0.3) is 40.3 Å². The van der Waals surface area contributed by atoms with Crippen molar-refractivity contribution in [2.24, 2.45) is 0 Å². The monoisotopic (exact) mass is 758 g/mol. The Morgan fingerprint density at radius 1 is 0.442 bits per heavy atom. The number of hydrogen-bond acceptors (Lipinski definition) is 8. The molecular weight excluding hydrogens is 717 g/mol. The molecule has 5 fully saturated rings. The molecule has 2 saturated heterocycles. The smallest absolute Gasteiger partial charge is 0.195 e. The van der Waals surface area contributed by atoms with Gasteiger partial charge in [-0.15, -0.1) is 22.7 Å². The number of rotatable bonds is 2. The second-order valence-electron chi connectivity index (χ2n) is 15.8. The molecule has 0 amide bonds. The standard InChI is InChI=1S/C44H42N2O2S4/c47-43-27-9-1-5-13-35(27)49-39-21-25(17-19-29(39)43)45-31-11-3-7-15-37(31)51-41-24-34-42(23-33(41)45)52-38-16-8-4-12-32(38)46(34)26-18-20-30-40(22-26)50-36-14-6-2-10-28(36)44(30)48/h1-2,5-6,9-10,13-14,17-22,31-34,37-38,41-42H,3-4,7-8,11-12,15-16,23-24H2. The first-order valence-electron chi connectivity index (χ1n) is 19.4. The molecule has 4 aromatic carbocycles. The van der Waals surface area contributed by atoms with Crippen LogP contribution in [0.15, 0.2) is 94.5 Å². The average Bonchev–Trinajstić information content (AvgIpc) is 3.18. The molecule has 52 heavy (non-hydrogen) atoms. The van der Waals surface area contributed by atoms with E-state index in [1.807, 2.05) is 24.3 Å². The predicted octanol–water partition coefficient (Wildman–Crippen LogP) is 10.8. The number of nitrogens with zero attached hydrogens (tertiary/aromatic N) is 2. The lowest BCUT2D eigenvalue weighted by Crippen LogP contribution is -2.67. The number of fused-ring (bicyclic) bond motifs is 8. The first kappa shape index (κ1) is 32.4. The molecule has 8 heteroatoms. The molecule has 11 rings (SSSR count). The highest BCUT2D eigenvalue weighted by Crippen LogP contribution is 2.55. The summed E-state index contributed by atoms with van der Waals surface area (Å²) in [6.07, 6.45) is 12.8. The van der Waals surface area contributed by atoms with Gasteiger partial charge >= 0.3 is 0 Å². The van der Waals surface area contributed by atoms with Crippen molar-refractivity contribution in [1.29, 1.82) is 0 Å². The van der Waals surface area contributed by atoms with Gasteiger partial charge in [0.25, 0.3) is 0 Å². The molecule has 5 aliphatic rings. The van der Waals surface area contributed by atoms with Crippen LogP contribution in [-0.4, -0.2) is 45.2 Å². The van der Waals surface area contributed by atoms with Crippen molar-refractivity contribution in [3.8, 4) is 0 Å². The molecule has 2 aliphatic heterocycles. The minimum absolute atomic E-state index is 0.161. The zero-order valence-electron chi connectivity index (χ0n) is 29.1. The molecule has 0 N–H and O–H groups in total. The van der Waals surface area contributed by atoms with Crippen molar-refractivity contribution in [3.05, 3.63) is 105 Å². The molecule has 8 atom stereocenters. The number of thioether (sulfide) groups is 2. The van der Waals surface area contributed by atoms with Crippen LogP contribution in [0.2, 0.25) is 0 Å². The zero-order chi connectivity index (χ0) is 34.5. The van der Waals surface area contributed by atoms with Crippen molar-refractivity contribution in [2.45, 2.75) is 109 Å². The Bertz CT molecular complexity index is 2320. The Labute approximate surface area is 320 Å². The van der Waals surface area contributed by atoms with Gasteiger partial charge in [-0.1, -0.05) is 49.9 Å². The summed E-state index contributed by atoms with van der Waals surface area (Å²) in [5.41, 5.74) is 2.98. The van der Waals surface area contributed by atoms with Gasteiger partial charge in [-0.05, 0) is 99.2 Å². The van der Waals surface area contributed by atoms with Crippen LogP contribution in [0.3, 0.4) is 0 Å². The molecule has 264 valence electrons. The SMILES string of the molecule is O=c1c2ccccc2sc2cc(N3C4CCCCC4SC4CC5C(CC43)SC3CCCCC3N5c3ccc4c(=O)c5ccccc5sc4c3)ccc12. The van der Waals surface area contributed by atoms with Gasteiger partial charge in [-0.2, -0.15) is 23.5 Å². The molecule has 4 heterocycles. The maximum atomic E-state index is 13.6. The van der Waals surface area contributed by atoms with E-state index in [4.69, 9.17) is 0 Å². The number of benzene rings is 4. The zero-order valence-corrected chi connectivity index (χ0v) is 32.4. The van der Waals surface area contributed by atoms with E-state index in [-0.39, 0.29) is 10.9 Å². The molecule has 0 radical (unpaired) electrons. The second kappa shape index (κ2) is 12.8. The van der Waals surface area contributed by atoms with E-state index in [1.54, 1.807) is 22.7 Å². The van der Waals surface area contributed by atoms with Crippen LogP contribution in [0.5, 0.6) is 0 Å². The largest absolute Gasteiger partial charge is 0.363 e. The summed E-state index contributed by atoms with van der Waals surface area (Å²) in [4.78, 5) is 32.9. The Hall–Kier alpha value is -3.04. The molecule has 6 aromatic rings. The summed E-state index contributed by atoms with van der Waals surface area (Å²) in [5.74, 6) is 0. The third-order valence-corrected chi connectivity index (χ3v) is 18.8. The van der Waals surface area contributed by atoms with Crippen LogP contribution < -0.4 is 20.7 Å². The lowest BCUT2D eigenvalue weighted by atomic mass is 9.82. The third kappa shape index (κ3) is 5.14. The van der Waals surface area contributed by atoms with E-state index in [2.05, 4.69) is 94.0 Å². The van der Waals surface area contributed by atoms with Gasteiger partial charge in [0.05, 0.1) is 0 Å². The fourth-order valence-corrected chi connectivity index (χ4v) is 16.8. The quantitative estimate of drug-likeness (QED) is 0.164. The molecule has 8 unspecified atom stereocenters.